The highest BCUT2D eigenvalue weighted by molar-refractivity contribution is 6.25. The molecule has 0 fully saturated rings. The highest BCUT2D eigenvalue weighted by Gasteiger charge is 2.05. The molecule has 3 heteroatoms. The van der Waals surface area contributed by atoms with Crippen molar-refractivity contribution in [3.05, 3.63) is 52.1 Å². The van der Waals surface area contributed by atoms with Crippen LogP contribution in [0, 0.1) is 0 Å². The normalized spacial score (nSPS) is 20.0. The van der Waals surface area contributed by atoms with Crippen LogP contribution in [0.15, 0.2) is 35.4 Å². The SMILES string of the molecule is OCc1ccc2c(c1)/C=C\C(=C/Cl)COC2. The van der Waals surface area contributed by atoms with Gasteiger partial charge < -0.3 is 9.84 Å². The lowest BCUT2D eigenvalue weighted by Gasteiger charge is -2.12. The van der Waals surface area contributed by atoms with Crippen molar-refractivity contribution in [1.82, 2.24) is 0 Å². The standard InChI is InChI=1S/C13H13ClO2/c14-6-11-2-3-12-5-10(7-15)1-4-13(12)9-16-8-11/h1-6,15H,7-9H2/b3-2-,11-6+. The number of fused-ring (bicyclic) bond motifs is 1. The molecule has 0 spiro atoms. The van der Waals surface area contributed by atoms with Crippen LogP contribution in [0.3, 0.4) is 0 Å². The minimum atomic E-state index is 0.0557. The zero-order chi connectivity index (χ0) is 11.4. The molecule has 0 aromatic heterocycles. The summed E-state index contributed by atoms with van der Waals surface area (Å²) in [7, 11) is 0. The van der Waals surface area contributed by atoms with Gasteiger partial charge in [-0.3, -0.25) is 0 Å². The summed E-state index contributed by atoms with van der Waals surface area (Å²) in [6, 6.07) is 5.86. The lowest BCUT2D eigenvalue weighted by molar-refractivity contribution is 0.144. The molecule has 2 rings (SSSR count). The number of halogens is 1. The minimum absolute atomic E-state index is 0.0557. The Morgan fingerprint density at radius 2 is 2.19 bits per heavy atom. The zero-order valence-electron chi connectivity index (χ0n) is 8.82. The van der Waals surface area contributed by atoms with Crippen LogP contribution in [0.2, 0.25) is 0 Å². The Kier molecular flexibility index (Phi) is 3.78. The van der Waals surface area contributed by atoms with Crippen molar-refractivity contribution in [1.29, 1.82) is 0 Å². The Bertz CT molecular complexity index is 436. The summed E-state index contributed by atoms with van der Waals surface area (Å²) in [4.78, 5) is 0. The van der Waals surface area contributed by atoms with Gasteiger partial charge in [0.15, 0.2) is 0 Å². The molecule has 84 valence electrons. The van der Waals surface area contributed by atoms with Gasteiger partial charge in [0.2, 0.25) is 0 Å². The first-order chi connectivity index (χ1) is 7.83. The van der Waals surface area contributed by atoms with E-state index in [1.165, 1.54) is 5.54 Å². The second-order valence-electron chi connectivity index (χ2n) is 3.70. The van der Waals surface area contributed by atoms with Crippen LogP contribution in [-0.2, 0) is 18.0 Å². The van der Waals surface area contributed by atoms with Crippen LogP contribution >= 0.6 is 11.6 Å². The molecular formula is C13H13ClO2. The van der Waals surface area contributed by atoms with Crippen LogP contribution in [0.25, 0.3) is 6.08 Å². The maximum atomic E-state index is 9.08. The van der Waals surface area contributed by atoms with E-state index < -0.39 is 0 Å². The van der Waals surface area contributed by atoms with Crippen LogP contribution < -0.4 is 0 Å². The molecule has 0 atom stereocenters. The monoisotopic (exact) mass is 236 g/mol. The predicted molar refractivity (Wildman–Crippen MR) is 65.0 cm³/mol. The molecule has 1 aromatic rings. The molecule has 16 heavy (non-hydrogen) atoms. The second kappa shape index (κ2) is 5.30. The van der Waals surface area contributed by atoms with E-state index in [1.54, 1.807) is 0 Å². The molecule has 0 saturated heterocycles. The van der Waals surface area contributed by atoms with Crippen molar-refractivity contribution < 1.29 is 9.84 Å². The van der Waals surface area contributed by atoms with Gasteiger partial charge in [0.25, 0.3) is 0 Å². The lowest BCUT2D eigenvalue weighted by Crippen LogP contribution is -2.02. The molecule has 0 radical (unpaired) electrons. The fourth-order valence-corrected chi connectivity index (χ4v) is 1.76. The first kappa shape index (κ1) is 11.4. The van der Waals surface area contributed by atoms with Crippen LogP contribution in [0.1, 0.15) is 16.7 Å². The third-order valence-corrected chi connectivity index (χ3v) is 2.82. The van der Waals surface area contributed by atoms with Crippen molar-refractivity contribution in [2.45, 2.75) is 13.2 Å². The largest absolute Gasteiger partial charge is 0.392 e. The summed E-state index contributed by atoms with van der Waals surface area (Å²) in [5.41, 5.74) is 5.57. The van der Waals surface area contributed by atoms with E-state index in [4.69, 9.17) is 21.4 Å². The van der Waals surface area contributed by atoms with Crippen molar-refractivity contribution in [3.8, 4) is 0 Å². The van der Waals surface area contributed by atoms with Gasteiger partial charge in [-0.05, 0) is 28.3 Å². The fourth-order valence-electron chi connectivity index (χ4n) is 1.62. The first-order valence-electron chi connectivity index (χ1n) is 5.11. The Hall–Kier alpha value is -1.09. The Labute approximate surface area is 99.8 Å². The van der Waals surface area contributed by atoms with Gasteiger partial charge in [-0.1, -0.05) is 35.9 Å². The molecule has 0 bridgehead atoms. The summed E-state index contributed by atoms with van der Waals surface area (Å²) >= 11 is 5.66. The van der Waals surface area contributed by atoms with Gasteiger partial charge in [0.1, 0.15) is 0 Å². The van der Waals surface area contributed by atoms with Gasteiger partial charge in [0, 0.05) is 5.54 Å². The summed E-state index contributed by atoms with van der Waals surface area (Å²) in [6.45, 7) is 1.15. The third-order valence-electron chi connectivity index (χ3n) is 2.54. The molecule has 1 aromatic carbocycles. The maximum Gasteiger partial charge on any atom is 0.0729 e. The molecule has 0 aliphatic carbocycles. The van der Waals surface area contributed by atoms with E-state index in [2.05, 4.69) is 0 Å². The van der Waals surface area contributed by atoms with E-state index in [-0.39, 0.29) is 6.61 Å². The van der Waals surface area contributed by atoms with Gasteiger partial charge in [0.05, 0.1) is 19.8 Å². The molecule has 0 amide bonds. The number of benzene rings is 1. The number of aliphatic hydroxyl groups is 1. The lowest BCUT2D eigenvalue weighted by atomic mass is 10.0. The highest BCUT2D eigenvalue weighted by atomic mass is 35.5. The maximum absolute atomic E-state index is 9.08. The van der Waals surface area contributed by atoms with Gasteiger partial charge in [-0.15, -0.1) is 0 Å². The van der Waals surface area contributed by atoms with Crippen molar-refractivity contribution >= 4 is 17.7 Å². The Balaban J connectivity index is 2.38. The molecule has 1 aliphatic heterocycles. The minimum Gasteiger partial charge on any atom is -0.392 e. The predicted octanol–water partition coefficient (Wildman–Crippen LogP) is 2.85. The molecule has 1 heterocycles. The number of hydrogen-bond acceptors (Lipinski definition) is 2. The molecule has 1 N–H and O–H groups in total. The Morgan fingerprint density at radius 1 is 1.31 bits per heavy atom. The van der Waals surface area contributed by atoms with Crippen LogP contribution in [-0.4, -0.2) is 11.7 Å². The van der Waals surface area contributed by atoms with E-state index in [9.17, 15) is 0 Å². The van der Waals surface area contributed by atoms with E-state index in [0.29, 0.717) is 13.2 Å². The average Bonchev–Trinajstić information content (AvgIpc) is 2.30. The number of aliphatic hydroxyl groups excluding tert-OH is 1. The number of rotatable bonds is 1. The molecule has 2 nitrogen and oxygen atoms in total. The fraction of sp³-hybridized carbons (Fsp3) is 0.231. The van der Waals surface area contributed by atoms with Gasteiger partial charge >= 0.3 is 0 Å². The van der Waals surface area contributed by atoms with Crippen LogP contribution in [0.4, 0.5) is 0 Å². The summed E-state index contributed by atoms with van der Waals surface area (Å²) in [6.07, 6.45) is 3.94. The molecule has 0 unspecified atom stereocenters. The quantitative estimate of drug-likeness (QED) is 0.813. The van der Waals surface area contributed by atoms with E-state index in [1.807, 2.05) is 30.4 Å². The third kappa shape index (κ3) is 2.53. The molecular weight excluding hydrogens is 224 g/mol. The number of ether oxygens (including phenoxy) is 1. The van der Waals surface area contributed by atoms with E-state index in [0.717, 1.165) is 22.3 Å². The van der Waals surface area contributed by atoms with Gasteiger partial charge in [-0.2, -0.15) is 0 Å². The van der Waals surface area contributed by atoms with E-state index >= 15 is 0 Å². The van der Waals surface area contributed by atoms with Crippen molar-refractivity contribution in [2.24, 2.45) is 0 Å². The van der Waals surface area contributed by atoms with Gasteiger partial charge in [-0.25, -0.2) is 0 Å². The summed E-state index contributed by atoms with van der Waals surface area (Å²) in [5.74, 6) is 0. The zero-order valence-corrected chi connectivity index (χ0v) is 9.57. The highest BCUT2D eigenvalue weighted by Crippen LogP contribution is 2.19. The van der Waals surface area contributed by atoms with Crippen molar-refractivity contribution in [2.75, 3.05) is 6.61 Å². The first-order valence-corrected chi connectivity index (χ1v) is 5.55. The second-order valence-corrected chi connectivity index (χ2v) is 3.92. The van der Waals surface area contributed by atoms with Crippen LogP contribution in [0.5, 0.6) is 0 Å². The number of hydrogen-bond donors (Lipinski definition) is 1. The topological polar surface area (TPSA) is 29.5 Å². The summed E-state index contributed by atoms with van der Waals surface area (Å²) < 4.78 is 5.51. The Morgan fingerprint density at radius 3 is 2.94 bits per heavy atom. The molecule has 1 aliphatic rings. The summed E-state index contributed by atoms with van der Waals surface area (Å²) in [5, 5.41) is 9.08. The van der Waals surface area contributed by atoms with Crippen molar-refractivity contribution in [3.63, 3.8) is 0 Å². The average molecular weight is 237 g/mol. The molecule has 0 saturated carbocycles. The smallest absolute Gasteiger partial charge is 0.0729 e.